The molecule has 0 aliphatic heterocycles. The second kappa shape index (κ2) is 4.19. The molecule has 0 N–H and O–H groups in total. The quantitative estimate of drug-likeness (QED) is 0.745. The zero-order chi connectivity index (χ0) is 10.0. The molecule has 0 radical (unpaired) electrons. The lowest BCUT2D eigenvalue weighted by Gasteiger charge is -2.08. The van der Waals surface area contributed by atoms with Gasteiger partial charge in [0, 0.05) is 0 Å². The van der Waals surface area contributed by atoms with E-state index in [2.05, 4.69) is 20.7 Å². The topological polar surface area (TPSA) is 9.23 Å². The Morgan fingerprint density at radius 3 is 2.54 bits per heavy atom. The van der Waals surface area contributed by atoms with E-state index in [1.165, 1.54) is 12.1 Å². The molecule has 0 aliphatic rings. The molecule has 1 nitrogen and oxygen atoms in total. The molecule has 0 spiro atoms. The lowest BCUT2D eigenvalue weighted by molar-refractivity contribution is -0.0527. The van der Waals surface area contributed by atoms with Gasteiger partial charge in [-0.3, -0.25) is 0 Å². The lowest BCUT2D eigenvalue weighted by Crippen LogP contribution is -2.04. The summed E-state index contributed by atoms with van der Waals surface area (Å²) < 4.78 is 40.5. The van der Waals surface area contributed by atoms with Gasteiger partial charge in [-0.05, 0) is 28.1 Å². The number of alkyl halides is 2. The Morgan fingerprint density at radius 2 is 2.00 bits per heavy atom. The number of halogens is 5. The highest BCUT2D eigenvalue weighted by molar-refractivity contribution is 9.10. The molecule has 13 heavy (non-hydrogen) atoms. The van der Waals surface area contributed by atoms with E-state index in [1.807, 2.05) is 0 Å². The van der Waals surface area contributed by atoms with Crippen LogP contribution in [0.5, 0.6) is 5.75 Å². The molecule has 1 aromatic rings. The van der Waals surface area contributed by atoms with Crippen LogP contribution < -0.4 is 4.74 Å². The third-order valence-electron chi connectivity index (χ3n) is 1.21. The van der Waals surface area contributed by atoms with Crippen LogP contribution in [0.15, 0.2) is 16.6 Å². The second-order valence-corrected chi connectivity index (χ2v) is 3.31. The zero-order valence-electron chi connectivity index (χ0n) is 6.03. The van der Waals surface area contributed by atoms with Crippen LogP contribution >= 0.6 is 27.5 Å². The van der Waals surface area contributed by atoms with Gasteiger partial charge in [0.25, 0.3) is 0 Å². The summed E-state index contributed by atoms with van der Waals surface area (Å²) >= 11 is 8.20. The predicted molar refractivity (Wildman–Crippen MR) is 45.7 cm³/mol. The van der Waals surface area contributed by atoms with Gasteiger partial charge in [0.15, 0.2) is 11.6 Å². The average Bonchev–Trinajstić information content (AvgIpc) is 2.05. The summed E-state index contributed by atoms with van der Waals surface area (Å²) in [5, 5.41) is -0.265. The van der Waals surface area contributed by atoms with E-state index < -0.39 is 18.2 Å². The minimum atomic E-state index is -3.08. The lowest BCUT2D eigenvalue weighted by atomic mass is 10.3. The van der Waals surface area contributed by atoms with E-state index in [-0.39, 0.29) is 9.50 Å². The van der Waals surface area contributed by atoms with Crippen molar-refractivity contribution in [1.29, 1.82) is 0 Å². The second-order valence-electron chi connectivity index (χ2n) is 2.05. The van der Waals surface area contributed by atoms with Crippen molar-refractivity contribution < 1.29 is 17.9 Å². The predicted octanol–water partition coefficient (Wildman–Crippen LogP) is 3.84. The van der Waals surface area contributed by atoms with E-state index in [0.29, 0.717) is 0 Å². The van der Waals surface area contributed by atoms with Crippen molar-refractivity contribution >= 4 is 27.5 Å². The Morgan fingerprint density at radius 1 is 1.38 bits per heavy atom. The Hall–Kier alpha value is -0.420. The molecule has 1 aromatic carbocycles. The number of benzene rings is 1. The number of hydrogen-bond donors (Lipinski definition) is 0. The SMILES string of the molecule is Fc1c(Cl)ccc(Br)c1OC(F)F. The van der Waals surface area contributed by atoms with Crippen molar-refractivity contribution in [3.05, 3.63) is 27.4 Å². The molecule has 6 heteroatoms. The van der Waals surface area contributed by atoms with Crippen LogP contribution in [0.4, 0.5) is 13.2 Å². The van der Waals surface area contributed by atoms with E-state index in [9.17, 15) is 13.2 Å². The standard InChI is InChI=1S/C7H3BrClF3O/c8-3-1-2-4(9)5(10)6(3)13-7(11)12/h1-2,7H. The first-order valence-corrected chi connectivity index (χ1v) is 4.27. The van der Waals surface area contributed by atoms with Crippen molar-refractivity contribution in [2.45, 2.75) is 6.61 Å². The van der Waals surface area contributed by atoms with Crippen molar-refractivity contribution in [2.75, 3.05) is 0 Å². The maximum atomic E-state index is 13.0. The van der Waals surface area contributed by atoms with Crippen LogP contribution in [0.3, 0.4) is 0 Å². The fraction of sp³-hybridized carbons (Fsp3) is 0.143. The highest BCUT2D eigenvalue weighted by Crippen LogP contribution is 2.33. The number of rotatable bonds is 2. The van der Waals surface area contributed by atoms with Gasteiger partial charge < -0.3 is 4.74 Å². The third kappa shape index (κ3) is 2.51. The van der Waals surface area contributed by atoms with Crippen LogP contribution in [0.2, 0.25) is 5.02 Å². The van der Waals surface area contributed by atoms with Crippen LogP contribution in [0, 0.1) is 5.82 Å². The van der Waals surface area contributed by atoms with Crippen molar-refractivity contribution in [3.63, 3.8) is 0 Å². The maximum Gasteiger partial charge on any atom is 0.387 e. The molecule has 0 fully saturated rings. The van der Waals surface area contributed by atoms with Crippen molar-refractivity contribution in [2.24, 2.45) is 0 Å². The Bertz CT molecular complexity index is 319. The van der Waals surface area contributed by atoms with E-state index >= 15 is 0 Å². The molecule has 0 heterocycles. The summed E-state index contributed by atoms with van der Waals surface area (Å²) in [5.41, 5.74) is 0. The minimum absolute atomic E-state index is 0.0923. The van der Waals surface area contributed by atoms with Gasteiger partial charge in [0.2, 0.25) is 0 Å². The average molecular weight is 275 g/mol. The van der Waals surface area contributed by atoms with Crippen molar-refractivity contribution in [1.82, 2.24) is 0 Å². The Kier molecular flexibility index (Phi) is 3.44. The third-order valence-corrected chi connectivity index (χ3v) is 2.13. The summed E-state index contributed by atoms with van der Waals surface area (Å²) in [7, 11) is 0. The van der Waals surface area contributed by atoms with Gasteiger partial charge in [0.05, 0.1) is 9.50 Å². The summed E-state index contributed by atoms with van der Waals surface area (Å²) in [5.74, 6) is -1.58. The summed E-state index contributed by atoms with van der Waals surface area (Å²) in [6, 6.07) is 2.56. The fourth-order valence-electron chi connectivity index (χ4n) is 0.706. The van der Waals surface area contributed by atoms with E-state index in [1.54, 1.807) is 0 Å². The largest absolute Gasteiger partial charge is 0.430 e. The van der Waals surface area contributed by atoms with E-state index in [4.69, 9.17) is 11.6 Å². The highest BCUT2D eigenvalue weighted by atomic mass is 79.9. The summed E-state index contributed by atoms with van der Waals surface area (Å²) in [4.78, 5) is 0. The van der Waals surface area contributed by atoms with Gasteiger partial charge >= 0.3 is 6.61 Å². The molecular weight excluding hydrogens is 272 g/mol. The summed E-state index contributed by atoms with van der Waals surface area (Å²) in [6.07, 6.45) is 0. The molecule has 0 atom stereocenters. The van der Waals surface area contributed by atoms with Gasteiger partial charge in [-0.2, -0.15) is 8.78 Å². The minimum Gasteiger partial charge on any atom is -0.430 e. The van der Waals surface area contributed by atoms with Crippen LogP contribution in [0.25, 0.3) is 0 Å². The van der Waals surface area contributed by atoms with Gasteiger partial charge in [-0.25, -0.2) is 4.39 Å². The molecule has 0 aromatic heterocycles. The maximum absolute atomic E-state index is 13.0. The van der Waals surface area contributed by atoms with Crippen LogP contribution in [-0.4, -0.2) is 6.61 Å². The van der Waals surface area contributed by atoms with Gasteiger partial charge in [-0.1, -0.05) is 11.6 Å². The normalized spacial score (nSPS) is 10.6. The van der Waals surface area contributed by atoms with Gasteiger partial charge in [0.1, 0.15) is 0 Å². The number of hydrogen-bond acceptors (Lipinski definition) is 1. The molecule has 0 unspecified atom stereocenters. The molecule has 0 aliphatic carbocycles. The number of ether oxygens (including phenoxy) is 1. The molecule has 0 saturated carbocycles. The monoisotopic (exact) mass is 274 g/mol. The molecule has 0 bridgehead atoms. The fourth-order valence-corrected chi connectivity index (χ4v) is 1.25. The molecule has 0 saturated heterocycles. The first-order valence-electron chi connectivity index (χ1n) is 3.10. The molecular formula is C7H3BrClF3O. The Labute approximate surface area is 85.6 Å². The van der Waals surface area contributed by atoms with Gasteiger partial charge in [-0.15, -0.1) is 0 Å². The van der Waals surface area contributed by atoms with Crippen LogP contribution in [-0.2, 0) is 0 Å². The Balaban J connectivity index is 3.10. The first kappa shape index (κ1) is 10.7. The van der Waals surface area contributed by atoms with Crippen molar-refractivity contribution in [3.8, 4) is 5.75 Å². The summed E-state index contributed by atoms with van der Waals surface area (Å²) in [6.45, 7) is -3.08. The highest BCUT2D eigenvalue weighted by Gasteiger charge is 2.15. The smallest absolute Gasteiger partial charge is 0.387 e. The molecule has 72 valence electrons. The first-order chi connectivity index (χ1) is 6.02. The van der Waals surface area contributed by atoms with Crippen LogP contribution in [0.1, 0.15) is 0 Å². The molecule has 1 rings (SSSR count). The zero-order valence-corrected chi connectivity index (χ0v) is 8.37. The molecule has 0 amide bonds. The van der Waals surface area contributed by atoms with E-state index in [0.717, 1.165) is 0 Å².